The van der Waals surface area contributed by atoms with Crippen molar-refractivity contribution in [2.75, 3.05) is 0 Å². The fourth-order valence-corrected chi connectivity index (χ4v) is 1.13. The van der Waals surface area contributed by atoms with Crippen LogP contribution in [0.4, 0.5) is 4.39 Å². The van der Waals surface area contributed by atoms with Crippen molar-refractivity contribution in [3.63, 3.8) is 0 Å². The number of hydrogen-bond acceptors (Lipinski definition) is 1. The van der Waals surface area contributed by atoms with Crippen molar-refractivity contribution in [2.45, 2.75) is 18.4 Å². The molecule has 1 N–H and O–H groups in total. The van der Waals surface area contributed by atoms with Gasteiger partial charge in [-0.05, 0) is 24.6 Å². The molecule has 1 rings (SSSR count). The number of rotatable bonds is 2. The van der Waals surface area contributed by atoms with Crippen LogP contribution in [0, 0.1) is 5.82 Å². The zero-order valence-corrected chi connectivity index (χ0v) is 7.48. The maximum absolute atomic E-state index is 12.4. The average molecular weight is 189 g/mol. The third-order valence-corrected chi connectivity index (χ3v) is 1.57. The second-order valence-electron chi connectivity index (χ2n) is 2.95. The molecule has 0 fully saturated rings. The first-order valence-corrected chi connectivity index (χ1v) is 4.01. The molecule has 1 atom stereocenters. The quantitative estimate of drug-likeness (QED) is 0.707. The van der Waals surface area contributed by atoms with Crippen LogP contribution in [0.1, 0.15) is 12.5 Å². The predicted octanol–water partition coefficient (Wildman–Crippen LogP) is 2.32. The number of benzene rings is 1. The minimum Gasteiger partial charge on any atom is -0.375 e. The smallest absolute Gasteiger partial charge is 0.139 e. The highest BCUT2D eigenvalue weighted by Gasteiger charge is 2.15. The van der Waals surface area contributed by atoms with Gasteiger partial charge < -0.3 is 5.11 Å². The molecule has 66 valence electrons. The van der Waals surface area contributed by atoms with Crippen LogP contribution >= 0.6 is 11.6 Å². The summed E-state index contributed by atoms with van der Waals surface area (Å²) in [4.78, 5) is 0. The van der Waals surface area contributed by atoms with Gasteiger partial charge >= 0.3 is 0 Å². The van der Waals surface area contributed by atoms with Crippen LogP contribution in [0.3, 0.4) is 0 Å². The Morgan fingerprint density at radius 1 is 1.42 bits per heavy atom. The zero-order valence-electron chi connectivity index (χ0n) is 6.72. The standard InChI is InChI=1S/C9H10ClFO/c1-9(10,12)6-7-2-4-8(11)5-3-7/h2-5,12H,6H2,1H3. The Hall–Kier alpha value is -0.600. The summed E-state index contributed by atoms with van der Waals surface area (Å²) in [6, 6.07) is 5.90. The minimum absolute atomic E-state index is 0.284. The van der Waals surface area contributed by atoms with Gasteiger partial charge in [-0.25, -0.2) is 4.39 Å². The normalized spacial score (nSPS) is 15.7. The molecule has 0 saturated carbocycles. The van der Waals surface area contributed by atoms with Crippen LogP contribution in [-0.2, 0) is 6.42 Å². The van der Waals surface area contributed by atoms with Gasteiger partial charge in [-0.1, -0.05) is 23.7 Å². The molecular weight excluding hydrogens is 179 g/mol. The molecule has 1 aromatic rings. The lowest BCUT2D eigenvalue weighted by Crippen LogP contribution is -2.18. The Kier molecular flexibility index (Phi) is 2.70. The number of aliphatic hydroxyl groups is 1. The van der Waals surface area contributed by atoms with Crippen LogP contribution in [0.2, 0.25) is 0 Å². The van der Waals surface area contributed by atoms with Crippen LogP contribution in [0.15, 0.2) is 24.3 Å². The minimum atomic E-state index is -1.25. The van der Waals surface area contributed by atoms with Gasteiger partial charge in [0.15, 0.2) is 0 Å². The second kappa shape index (κ2) is 3.42. The van der Waals surface area contributed by atoms with Gasteiger partial charge in [0.2, 0.25) is 0 Å². The number of alkyl halides is 1. The zero-order chi connectivity index (χ0) is 9.19. The molecule has 1 nitrogen and oxygen atoms in total. The molecule has 0 radical (unpaired) electrons. The molecule has 1 unspecified atom stereocenters. The van der Waals surface area contributed by atoms with Crippen LogP contribution in [0.5, 0.6) is 0 Å². The van der Waals surface area contributed by atoms with Gasteiger partial charge in [-0.15, -0.1) is 0 Å². The fraction of sp³-hybridized carbons (Fsp3) is 0.333. The lowest BCUT2D eigenvalue weighted by atomic mass is 10.1. The molecular formula is C9H10ClFO. The first-order valence-electron chi connectivity index (χ1n) is 3.63. The molecule has 0 aliphatic carbocycles. The topological polar surface area (TPSA) is 20.2 Å². The SMILES string of the molecule is CC(O)(Cl)Cc1ccc(F)cc1. The summed E-state index contributed by atoms with van der Waals surface area (Å²) in [5.74, 6) is -0.284. The number of hydrogen-bond donors (Lipinski definition) is 1. The van der Waals surface area contributed by atoms with E-state index in [4.69, 9.17) is 11.6 Å². The van der Waals surface area contributed by atoms with Crippen molar-refractivity contribution in [1.29, 1.82) is 0 Å². The van der Waals surface area contributed by atoms with Crippen LogP contribution in [0.25, 0.3) is 0 Å². The monoisotopic (exact) mass is 188 g/mol. The van der Waals surface area contributed by atoms with Crippen molar-refractivity contribution in [3.05, 3.63) is 35.6 Å². The Labute approximate surface area is 75.8 Å². The van der Waals surface area contributed by atoms with Gasteiger partial charge in [-0.2, -0.15) is 0 Å². The summed E-state index contributed by atoms with van der Waals surface area (Å²) < 4.78 is 12.4. The third kappa shape index (κ3) is 3.20. The summed E-state index contributed by atoms with van der Waals surface area (Å²) in [6.45, 7) is 1.50. The summed E-state index contributed by atoms with van der Waals surface area (Å²) in [5, 5.41) is 7.96. The highest BCUT2D eigenvalue weighted by Crippen LogP contribution is 2.16. The lowest BCUT2D eigenvalue weighted by Gasteiger charge is -2.13. The maximum atomic E-state index is 12.4. The van der Waals surface area contributed by atoms with Gasteiger partial charge in [0.25, 0.3) is 0 Å². The van der Waals surface area contributed by atoms with E-state index >= 15 is 0 Å². The molecule has 3 heteroatoms. The van der Waals surface area contributed by atoms with E-state index in [9.17, 15) is 9.50 Å². The summed E-state index contributed by atoms with van der Waals surface area (Å²) in [6.07, 6.45) is 0.314. The Morgan fingerprint density at radius 2 is 1.92 bits per heavy atom. The third-order valence-electron chi connectivity index (χ3n) is 1.44. The predicted molar refractivity (Wildman–Crippen MR) is 46.6 cm³/mol. The van der Waals surface area contributed by atoms with E-state index in [1.54, 1.807) is 12.1 Å². The van der Waals surface area contributed by atoms with Gasteiger partial charge in [0.05, 0.1) is 0 Å². The molecule has 1 aromatic carbocycles. The first-order chi connectivity index (χ1) is 5.47. The fourth-order valence-electron chi connectivity index (χ4n) is 0.975. The Bertz CT molecular complexity index is 250. The molecule has 0 bridgehead atoms. The molecule has 0 aliphatic rings. The van der Waals surface area contributed by atoms with Crippen molar-refractivity contribution >= 4 is 11.6 Å². The average Bonchev–Trinajstić information content (AvgIpc) is 1.91. The van der Waals surface area contributed by atoms with Gasteiger partial charge in [-0.3, -0.25) is 0 Å². The van der Waals surface area contributed by atoms with E-state index in [1.807, 2.05) is 0 Å². The lowest BCUT2D eigenvalue weighted by molar-refractivity contribution is 0.150. The van der Waals surface area contributed by atoms with Crippen LogP contribution in [-0.4, -0.2) is 10.2 Å². The summed E-state index contributed by atoms with van der Waals surface area (Å²) >= 11 is 5.57. The van der Waals surface area contributed by atoms with Crippen molar-refractivity contribution in [3.8, 4) is 0 Å². The Balaban J connectivity index is 2.71. The highest BCUT2D eigenvalue weighted by molar-refractivity contribution is 6.22. The van der Waals surface area contributed by atoms with E-state index in [1.165, 1.54) is 19.1 Å². The largest absolute Gasteiger partial charge is 0.375 e. The van der Waals surface area contributed by atoms with Crippen molar-refractivity contribution in [2.24, 2.45) is 0 Å². The van der Waals surface area contributed by atoms with Crippen molar-refractivity contribution in [1.82, 2.24) is 0 Å². The van der Waals surface area contributed by atoms with Gasteiger partial charge in [0, 0.05) is 6.42 Å². The molecule has 0 amide bonds. The number of halogens is 2. The van der Waals surface area contributed by atoms with E-state index in [-0.39, 0.29) is 5.82 Å². The van der Waals surface area contributed by atoms with E-state index in [0.29, 0.717) is 6.42 Å². The summed E-state index contributed by atoms with van der Waals surface area (Å²) in [5.41, 5.74) is 0.816. The van der Waals surface area contributed by atoms with Gasteiger partial charge in [0.1, 0.15) is 10.9 Å². The molecule has 12 heavy (non-hydrogen) atoms. The van der Waals surface area contributed by atoms with E-state index in [2.05, 4.69) is 0 Å². The second-order valence-corrected chi connectivity index (χ2v) is 3.76. The van der Waals surface area contributed by atoms with E-state index in [0.717, 1.165) is 5.56 Å². The van der Waals surface area contributed by atoms with Crippen LogP contribution < -0.4 is 0 Å². The molecule has 0 aromatic heterocycles. The molecule has 0 aliphatic heterocycles. The maximum Gasteiger partial charge on any atom is 0.139 e. The molecule has 0 spiro atoms. The molecule has 0 saturated heterocycles. The van der Waals surface area contributed by atoms with Crippen molar-refractivity contribution < 1.29 is 9.50 Å². The highest BCUT2D eigenvalue weighted by atomic mass is 35.5. The first kappa shape index (κ1) is 9.49. The van der Waals surface area contributed by atoms with E-state index < -0.39 is 5.06 Å². The molecule has 0 heterocycles. The Morgan fingerprint density at radius 3 is 2.33 bits per heavy atom. The summed E-state index contributed by atoms with van der Waals surface area (Å²) in [7, 11) is 0.